The lowest BCUT2D eigenvalue weighted by atomic mass is 10.1. The SMILES string of the molecule is CNS(=O)(=O)Cc1ccc(CNc2c(C#N)cccc2C#N)cc1. The van der Waals surface area contributed by atoms with Crippen LogP contribution in [0.4, 0.5) is 5.69 Å². The van der Waals surface area contributed by atoms with Gasteiger partial charge in [-0.15, -0.1) is 0 Å². The van der Waals surface area contributed by atoms with Gasteiger partial charge < -0.3 is 5.32 Å². The van der Waals surface area contributed by atoms with Gasteiger partial charge in [-0.05, 0) is 30.3 Å². The molecule has 2 N–H and O–H groups in total. The Morgan fingerprint density at radius 1 is 0.958 bits per heavy atom. The molecule has 0 aliphatic rings. The molecule has 2 aromatic carbocycles. The molecule has 0 heterocycles. The van der Waals surface area contributed by atoms with Gasteiger partial charge in [0, 0.05) is 6.54 Å². The maximum atomic E-state index is 11.5. The number of rotatable bonds is 6. The normalized spacial score (nSPS) is 10.6. The third kappa shape index (κ3) is 4.32. The zero-order valence-corrected chi connectivity index (χ0v) is 13.9. The highest BCUT2D eigenvalue weighted by Gasteiger charge is 2.09. The second-order valence-electron chi connectivity index (χ2n) is 5.09. The average molecular weight is 340 g/mol. The summed E-state index contributed by atoms with van der Waals surface area (Å²) in [7, 11) is -1.91. The zero-order valence-electron chi connectivity index (χ0n) is 13.1. The van der Waals surface area contributed by atoms with Crippen LogP contribution in [0.1, 0.15) is 22.3 Å². The molecule has 6 nitrogen and oxygen atoms in total. The fourth-order valence-electron chi connectivity index (χ4n) is 2.16. The van der Waals surface area contributed by atoms with Crippen molar-refractivity contribution in [2.45, 2.75) is 12.3 Å². The van der Waals surface area contributed by atoms with Crippen LogP contribution in [0.25, 0.3) is 0 Å². The van der Waals surface area contributed by atoms with Crippen molar-refractivity contribution in [2.24, 2.45) is 0 Å². The lowest BCUT2D eigenvalue weighted by molar-refractivity contribution is 0.587. The predicted molar refractivity (Wildman–Crippen MR) is 91.3 cm³/mol. The van der Waals surface area contributed by atoms with Gasteiger partial charge in [-0.3, -0.25) is 0 Å². The van der Waals surface area contributed by atoms with Crippen LogP contribution in [0.2, 0.25) is 0 Å². The fourth-order valence-corrected chi connectivity index (χ4v) is 2.94. The largest absolute Gasteiger partial charge is 0.379 e. The van der Waals surface area contributed by atoms with E-state index in [0.29, 0.717) is 28.9 Å². The Bertz CT molecular complexity index is 875. The minimum absolute atomic E-state index is 0.0763. The number of nitrogens with one attached hydrogen (secondary N) is 2. The summed E-state index contributed by atoms with van der Waals surface area (Å²) >= 11 is 0. The van der Waals surface area contributed by atoms with E-state index in [4.69, 9.17) is 10.5 Å². The molecule has 7 heteroatoms. The number of hydrogen-bond donors (Lipinski definition) is 2. The van der Waals surface area contributed by atoms with Crippen molar-refractivity contribution < 1.29 is 8.42 Å². The lowest BCUT2D eigenvalue weighted by Crippen LogP contribution is -2.20. The number of anilines is 1. The van der Waals surface area contributed by atoms with E-state index in [1.54, 1.807) is 30.3 Å². The third-order valence-electron chi connectivity index (χ3n) is 3.47. The number of nitrogens with zero attached hydrogens (tertiary/aromatic N) is 2. The fraction of sp³-hybridized carbons (Fsp3) is 0.176. The van der Waals surface area contributed by atoms with Crippen LogP contribution in [0.15, 0.2) is 42.5 Å². The highest BCUT2D eigenvalue weighted by Crippen LogP contribution is 2.21. The molecule has 24 heavy (non-hydrogen) atoms. The van der Waals surface area contributed by atoms with E-state index in [2.05, 4.69) is 22.2 Å². The highest BCUT2D eigenvalue weighted by atomic mass is 32.2. The number of sulfonamides is 1. The van der Waals surface area contributed by atoms with Gasteiger partial charge in [-0.2, -0.15) is 10.5 Å². The Hall–Kier alpha value is -2.87. The van der Waals surface area contributed by atoms with E-state index < -0.39 is 10.0 Å². The second-order valence-corrected chi connectivity index (χ2v) is 7.01. The Labute approximate surface area is 141 Å². The van der Waals surface area contributed by atoms with E-state index in [-0.39, 0.29) is 5.75 Å². The van der Waals surface area contributed by atoms with E-state index in [1.165, 1.54) is 7.05 Å². The van der Waals surface area contributed by atoms with Crippen LogP contribution in [0, 0.1) is 22.7 Å². The molecule has 2 aromatic rings. The van der Waals surface area contributed by atoms with Crippen molar-refractivity contribution in [3.63, 3.8) is 0 Å². The van der Waals surface area contributed by atoms with Gasteiger partial charge in [-0.25, -0.2) is 13.1 Å². The van der Waals surface area contributed by atoms with Crippen LogP contribution >= 0.6 is 0 Å². The summed E-state index contributed by atoms with van der Waals surface area (Å²) in [6, 6.07) is 16.2. The third-order valence-corrected chi connectivity index (χ3v) is 4.80. The van der Waals surface area contributed by atoms with Crippen LogP contribution < -0.4 is 10.0 Å². The summed E-state index contributed by atoms with van der Waals surface area (Å²) in [5.41, 5.74) is 2.92. The van der Waals surface area contributed by atoms with E-state index in [0.717, 1.165) is 5.56 Å². The minimum Gasteiger partial charge on any atom is -0.379 e. The van der Waals surface area contributed by atoms with Gasteiger partial charge in [0.1, 0.15) is 12.1 Å². The maximum Gasteiger partial charge on any atom is 0.215 e. The van der Waals surface area contributed by atoms with Gasteiger partial charge >= 0.3 is 0 Å². The Morgan fingerprint density at radius 2 is 1.50 bits per heavy atom. The summed E-state index contributed by atoms with van der Waals surface area (Å²) in [5.74, 6) is -0.0763. The van der Waals surface area contributed by atoms with Gasteiger partial charge in [0.15, 0.2) is 0 Å². The van der Waals surface area contributed by atoms with Crippen molar-refractivity contribution >= 4 is 15.7 Å². The van der Waals surface area contributed by atoms with Crippen molar-refractivity contribution in [1.29, 1.82) is 10.5 Å². The topological polar surface area (TPSA) is 106 Å². The molecule has 0 amide bonds. The molecular formula is C17H16N4O2S. The summed E-state index contributed by atoms with van der Waals surface area (Å²) in [5, 5.41) is 21.4. The monoisotopic (exact) mass is 340 g/mol. The van der Waals surface area contributed by atoms with Crippen molar-refractivity contribution in [3.8, 4) is 12.1 Å². The molecule has 0 spiro atoms. The highest BCUT2D eigenvalue weighted by molar-refractivity contribution is 7.88. The van der Waals surface area contributed by atoms with E-state index in [1.807, 2.05) is 12.1 Å². The Balaban J connectivity index is 2.12. The van der Waals surface area contributed by atoms with Crippen LogP contribution in [-0.4, -0.2) is 15.5 Å². The molecule has 122 valence electrons. The van der Waals surface area contributed by atoms with E-state index in [9.17, 15) is 8.42 Å². The minimum atomic E-state index is -3.30. The molecule has 0 aliphatic carbocycles. The van der Waals surface area contributed by atoms with Gasteiger partial charge in [-0.1, -0.05) is 30.3 Å². The van der Waals surface area contributed by atoms with Crippen molar-refractivity contribution in [2.75, 3.05) is 12.4 Å². The summed E-state index contributed by atoms with van der Waals surface area (Å²) in [6.07, 6.45) is 0. The maximum absolute atomic E-state index is 11.5. The standard InChI is InChI=1S/C17H16N4O2S/c1-20-24(22,23)12-14-7-5-13(6-8-14)11-21-17-15(9-18)3-2-4-16(17)10-19/h2-8,20-21H,11-12H2,1H3. The molecule has 0 saturated carbocycles. The molecule has 0 radical (unpaired) electrons. The quantitative estimate of drug-likeness (QED) is 0.837. The van der Waals surface area contributed by atoms with Crippen molar-refractivity contribution in [1.82, 2.24) is 4.72 Å². The first-order valence-electron chi connectivity index (χ1n) is 7.15. The first-order valence-corrected chi connectivity index (χ1v) is 8.80. The first kappa shape index (κ1) is 17.5. The molecule has 0 unspecified atom stereocenters. The summed E-state index contributed by atoms with van der Waals surface area (Å²) in [4.78, 5) is 0. The van der Waals surface area contributed by atoms with Gasteiger partial charge in [0.25, 0.3) is 0 Å². The molecule has 0 bridgehead atoms. The summed E-state index contributed by atoms with van der Waals surface area (Å²) < 4.78 is 25.3. The van der Waals surface area contributed by atoms with E-state index >= 15 is 0 Å². The molecule has 0 aliphatic heterocycles. The molecule has 0 atom stereocenters. The molecule has 0 fully saturated rings. The number of para-hydroxylation sites is 1. The lowest BCUT2D eigenvalue weighted by Gasteiger charge is -2.10. The van der Waals surface area contributed by atoms with Gasteiger partial charge in [0.05, 0.1) is 22.6 Å². The molecule has 2 rings (SSSR count). The number of hydrogen-bond acceptors (Lipinski definition) is 5. The smallest absolute Gasteiger partial charge is 0.215 e. The van der Waals surface area contributed by atoms with Gasteiger partial charge in [0.2, 0.25) is 10.0 Å². The second kappa shape index (κ2) is 7.60. The van der Waals surface area contributed by atoms with Crippen molar-refractivity contribution in [3.05, 3.63) is 64.7 Å². The number of benzene rings is 2. The predicted octanol–water partition coefficient (Wildman–Crippen LogP) is 2.09. The van der Waals surface area contributed by atoms with Crippen LogP contribution in [-0.2, 0) is 22.3 Å². The Kier molecular flexibility index (Phi) is 5.54. The zero-order chi connectivity index (χ0) is 17.6. The van der Waals surface area contributed by atoms with Crippen LogP contribution in [0.3, 0.4) is 0 Å². The number of nitriles is 2. The van der Waals surface area contributed by atoms with Crippen LogP contribution in [0.5, 0.6) is 0 Å². The molecule has 0 saturated heterocycles. The average Bonchev–Trinajstić information content (AvgIpc) is 2.60. The summed E-state index contributed by atoms with van der Waals surface area (Å²) in [6.45, 7) is 0.423. The molecular weight excluding hydrogens is 324 g/mol. The Morgan fingerprint density at radius 3 is 2.00 bits per heavy atom. The first-order chi connectivity index (χ1) is 11.5. The molecule has 0 aromatic heterocycles.